The lowest BCUT2D eigenvalue weighted by Crippen LogP contribution is -2.52. The van der Waals surface area contributed by atoms with Crippen molar-refractivity contribution in [2.45, 2.75) is 38.9 Å². The van der Waals surface area contributed by atoms with Crippen molar-refractivity contribution >= 4 is 17.9 Å². The van der Waals surface area contributed by atoms with Gasteiger partial charge in [0, 0.05) is 50.9 Å². The number of carbonyl (C=O) groups is 2. The number of hydrogen-bond acceptors (Lipinski definition) is 4. The van der Waals surface area contributed by atoms with Gasteiger partial charge in [0.2, 0.25) is 11.8 Å². The Balaban J connectivity index is 1.35. The van der Waals surface area contributed by atoms with E-state index in [4.69, 9.17) is 0 Å². The topological polar surface area (TPSA) is 71.3 Å². The molecule has 1 atom stereocenters. The molecular weight excluding hydrogens is 558 g/mol. The van der Waals surface area contributed by atoms with Gasteiger partial charge in [0.25, 0.3) is 0 Å². The van der Waals surface area contributed by atoms with Crippen molar-refractivity contribution in [3.63, 3.8) is 0 Å². The number of rotatable bonds is 9. The second-order valence-corrected chi connectivity index (χ2v) is 11.5. The Hall–Kier alpha value is -5.30. The third-order valence-electron chi connectivity index (χ3n) is 8.58. The van der Waals surface area contributed by atoms with Crippen LogP contribution >= 0.6 is 0 Å². The first-order valence-corrected chi connectivity index (χ1v) is 15.3. The summed E-state index contributed by atoms with van der Waals surface area (Å²) in [5, 5.41) is 0. The first kappa shape index (κ1) is 29.8. The molecule has 45 heavy (non-hydrogen) atoms. The Bertz CT molecular complexity index is 1800. The molecule has 3 aromatic carbocycles. The smallest absolute Gasteiger partial charge is 0.247 e. The van der Waals surface area contributed by atoms with Gasteiger partial charge in [-0.05, 0) is 53.8 Å². The molecule has 7 heteroatoms. The van der Waals surface area contributed by atoms with E-state index in [2.05, 4.69) is 22.1 Å². The van der Waals surface area contributed by atoms with Gasteiger partial charge in [0.15, 0.2) is 0 Å². The fraction of sp³-hybridized carbons (Fsp3) is 0.211. The summed E-state index contributed by atoms with van der Waals surface area (Å²) in [6.45, 7) is 3.35. The van der Waals surface area contributed by atoms with E-state index >= 15 is 0 Å². The summed E-state index contributed by atoms with van der Waals surface area (Å²) in [5.41, 5.74) is 7.06. The zero-order chi connectivity index (χ0) is 31.2. The van der Waals surface area contributed by atoms with Crippen LogP contribution in [0.25, 0.3) is 17.3 Å². The first-order chi connectivity index (χ1) is 22.0. The van der Waals surface area contributed by atoms with Crippen molar-refractivity contribution in [2.24, 2.45) is 7.05 Å². The van der Waals surface area contributed by atoms with Gasteiger partial charge in [0.1, 0.15) is 11.9 Å². The molecule has 0 N–H and O–H groups in total. The van der Waals surface area contributed by atoms with Crippen LogP contribution in [0.15, 0.2) is 116 Å². The molecule has 1 unspecified atom stereocenters. The number of imidazole rings is 1. The average Bonchev–Trinajstić information content (AvgIpc) is 3.41. The maximum atomic E-state index is 14.5. The number of fused-ring (bicyclic) bond motifs is 1. The molecule has 226 valence electrons. The molecule has 1 aliphatic rings. The lowest BCUT2D eigenvalue weighted by Gasteiger charge is -2.37. The number of aromatic nitrogens is 3. The third kappa shape index (κ3) is 6.93. The van der Waals surface area contributed by atoms with E-state index in [-0.39, 0.29) is 18.4 Å². The predicted molar refractivity (Wildman–Crippen MR) is 177 cm³/mol. The number of aryl methyl sites for hydroxylation is 1. The highest BCUT2D eigenvalue weighted by atomic mass is 16.2. The molecule has 2 amide bonds. The summed E-state index contributed by atoms with van der Waals surface area (Å²) in [5.74, 6) is 0.584. The third-order valence-corrected chi connectivity index (χ3v) is 8.58. The van der Waals surface area contributed by atoms with E-state index in [1.54, 1.807) is 29.4 Å². The van der Waals surface area contributed by atoms with Gasteiger partial charge in [-0.3, -0.25) is 14.6 Å². The van der Waals surface area contributed by atoms with E-state index in [0.717, 1.165) is 45.9 Å². The van der Waals surface area contributed by atoms with Gasteiger partial charge in [0.05, 0.1) is 17.6 Å². The largest absolute Gasteiger partial charge is 0.336 e. The van der Waals surface area contributed by atoms with Crippen LogP contribution in [0.5, 0.6) is 0 Å². The summed E-state index contributed by atoms with van der Waals surface area (Å²) in [6, 6.07) is 31.4. The monoisotopic (exact) mass is 595 g/mol. The maximum Gasteiger partial charge on any atom is 0.247 e. The Morgan fingerprint density at radius 1 is 0.867 bits per heavy atom. The first-order valence-electron chi connectivity index (χ1n) is 15.3. The lowest BCUT2D eigenvalue weighted by atomic mass is 9.97. The standard InChI is InChI=1S/C38H37N5O2/c1-28-40-25-34(41(28)2)19-20-37(44)43(26-30-15-17-32(18-16-30)35-14-8-9-22-39-35)36(24-29-10-4-3-5-11-29)38(45)42-23-21-31-12-6-7-13-33(31)27-42/h3-20,22,25,36H,21,23-24,26-27H2,1-2H3. The number of nitrogens with zero attached hydrogens (tertiary/aromatic N) is 5. The van der Waals surface area contributed by atoms with Crippen molar-refractivity contribution in [2.75, 3.05) is 6.54 Å². The Morgan fingerprint density at radius 3 is 2.31 bits per heavy atom. The van der Waals surface area contributed by atoms with E-state index in [0.29, 0.717) is 19.5 Å². The molecule has 0 radical (unpaired) electrons. The van der Waals surface area contributed by atoms with Gasteiger partial charge in [-0.25, -0.2) is 4.98 Å². The fourth-order valence-electron chi connectivity index (χ4n) is 5.84. The van der Waals surface area contributed by atoms with Crippen LogP contribution in [0.4, 0.5) is 0 Å². The number of amides is 2. The second kappa shape index (κ2) is 13.6. The zero-order valence-corrected chi connectivity index (χ0v) is 25.7. The minimum Gasteiger partial charge on any atom is -0.336 e. The van der Waals surface area contributed by atoms with Crippen molar-refractivity contribution in [1.29, 1.82) is 0 Å². The zero-order valence-electron chi connectivity index (χ0n) is 25.7. The quantitative estimate of drug-likeness (QED) is 0.195. The van der Waals surface area contributed by atoms with Gasteiger partial charge in [-0.15, -0.1) is 0 Å². The van der Waals surface area contributed by atoms with E-state index in [9.17, 15) is 9.59 Å². The van der Waals surface area contributed by atoms with Crippen LogP contribution in [0.1, 0.15) is 33.8 Å². The lowest BCUT2D eigenvalue weighted by molar-refractivity contribution is -0.144. The molecule has 0 saturated heterocycles. The average molecular weight is 596 g/mol. The van der Waals surface area contributed by atoms with E-state index < -0.39 is 6.04 Å². The van der Waals surface area contributed by atoms with Crippen LogP contribution in [-0.2, 0) is 42.6 Å². The minimum absolute atomic E-state index is 0.0448. The molecule has 0 spiro atoms. The second-order valence-electron chi connectivity index (χ2n) is 11.5. The van der Waals surface area contributed by atoms with E-state index in [1.165, 1.54) is 5.56 Å². The molecule has 6 rings (SSSR count). The SMILES string of the molecule is Cc1ncc(C=CC(=O)N(Cc2ccc(-c3ccccn3)cc2)C(Cc2ccccc2)C(=O)N2CCc3ccccc3C2)n1C. The molecule has 1 aliphatic heterocycles. The molecular formula is C38H37N5O2. The fourth-order valence-corrected chi connectivity index (χ4v) is 5.84. The number of pyridine rings is 1. The predicted octanol–water partition coefficient (Wildman–Crippen LogP) is 6.03. The number of benzene rings is 3. The summed E-state index contributed by atoms with van der Waals surface area (Å²) in [4.78, 5) is 41.1. The maximum absolute atomic E-state index is 14.5. The van der Waals surface area contributed by atoms with Crippen LogP contribution in [0.2, 0.25) is 0 Å². The van der Waals surface area contributed by atoms with Gasteiger partial charge < -0.3 is 14.4 Å². The number of carbonyl (C=O) groups excluding carboxylic acids is 2. The minimum atomic E-state index is -0.696. The van der Waals surface area contributed by atoms with Crippen LogP contribution in [0, 0.1) is 6.92 Å². The van der Waals surface area contributed by atoms with Crippen LogP contribution < -0.4 is 0 Å². The Labute approximate surface area is 264 Å². The molecule has 0 bridgehead atoms. The van der Waals surface area contributed by atoms with Gasteiger partial charge in [-0.1, -0.05) is 84.9 Å². The summed E-state index contributed by atoms with van der Waals surface area (Å²) in [7, 11) is 1.92. The molecule has 0 saturated carbocycles. The summed E-state index contributed by atoms with van der Waals surface area (Å²) in [6.07, 6.45) is 8.07. The normalized spacial score (nSPS) is 13.4. The molecule has 3 heterocycles. The highest BCUT2D eigenvalue weighted by molar-refractivity contribution is 5.95. The Kier molecular flexibility index (Phi) is 8.96. The summed E-state index contributed by atoms with van der Waals surface area (Å²) >= 11 is 0. The number of hydrogen-bond donors (Lipinski definition) is 0. The van der Waals surface area contributed by atoms with Crippen molar-refractivity contribution in [1.82, 2.24) is 24.3 Å². The van der Waals surface area contributed by atoms with Crippen LogP contribution in [-0.4, -0.2) is 48.7 Å². The van der Waals surface area contributed by atoms with Gasteiger partial charge in [-0.2, -0.15) is 0 Å². The molecule has 5 aromatic rings. The molecule has 0 aliphatic carbocycles. The highest BCUT2D eigenvalue weighted by Crippen LogP contribution is 2.24. The van der Waals surface area contributed by atoms with Gasteiger partial charge >= 0.3 is 0 Å². The van der Waals surface area contributed by atoms with Crippen LogP contribution in [0.3, 0.4) is 0 Å². The molecule has 7 nitrogen and oxygen atoms in total. The highest BCUT2D eigenvalue weighted by Gasteiger charge is 2.34. The Morgan fingerprint density at radius 2 is 1.60 bits per heavy atom. The molecule has 0 fully saturated rings. The van der Waals surface area contributed by atoms with Crippen molar-refractivity contribution < 1.29 is 9.59 Å². The van der Waals surface area contributed by atoms with E-state index in [1.807, 2.05) is 108 Å². The summed E-state index contributed by atoms with van der Waals surface area (Å²) < 4.78 is 1.93. The molecule has 2 aromatic heterocycles. The van der Waals surface area contributed by atoms with Crippen molar-refractivity contribution in [3.8, 4) is 11.3 Å². The van der Waals surface area contributed by atoms with Crippen molar-refractivity contribution in [3.05, 3.63) is 149 Å².